The van der Waals surface area contributed by atoms with E-state index in [2.05, 4.69) is 5.32 Å². The van der Waals surface area contributed by atoms with E-state index >= 15 is 0 Å². The van der Waals surface area contributed by atoms with Gasteiger partial charge in [0.2, 0.25) is 5.91 Å². The van der Waals surface area contributed by atoms with Gasteiger partial charge in [0.1, 0.15) is 5.82 Å². The summed E-state index contributed by atoms with van der Waals surface area (Å²) >= 11 is 0. The van der Waals surface area contributed by atoms with E-state index in [1.54, 1.807) is 13.0 Å². The van der Waals surface area contributed by atoms with E-state index in [1.807, 2.05) is 0 Å². The first kappa shape index (κ1) is 15.8. The number of halogens is 1. The van der Waals surface area contributed by atoms with Crippen molar-refractivity contribution in [1.82, 2.24) is 5.32 Å². The maximum absolute atomic E-state index is 12.8. The van der Waals surface area contributed by atoms with Crippen LogP contribution in [-0.4, -0.2) is 31.4 Å². The first-order valence-corrected chi connectivity index (χ1v) is 5.98. The summed E-state index contributed by atoms with van der Waals surface area (Å²) in [6, 6.07) is 6.05. The van der Waals surface area contributed by atoms with Crippen molar-refractivity contribution in [3.63, 3.8) is 0 Å². The van der Waals surface area contributed by atoms with E-state index in [9.17, 15) is 14.0 Å². The Morgan fingerprint density at radius 3 is 2.50 bits per heavy atom. The van der Waals surface area contributed by atoms with Crippen molar-refractivity contribution in [3.8, 4) is 6.07 Å². The highest BCUT2D eigenvalue weighted by molar-refractivity contribution is 6.12. The highest BCUT2D eigenvalue weighted by Crippen LogP contribution is 2.10. The van der Waals surface area contributed by atoms with E-state index in [-0.39, 0.29) is 18.2 Å². The second kappa shape index (κ2) is 7.36. The third kappa shape index (κ3) is 4.14. The lowest BCUT2D eigenvalue weighted by Crippen LogP contribution is -2.41. The summed E-state index contributed by atoms with van der Waals surface area (Å²) in [5.74, 6) is -3.30. The second-order valence-electron chi connectivity index (χ2n) is 4.30. The molecule has 0 spiro atoms. The second-order valence-corrected chi connectivity index (χ2v) is 4.30. The number of nitrogens with zero attached hydrogens (tertiary/aromatic N) is 1. The lowest BCUT2D eigenvalue weighted by molar-refractivity contribution is -0.123. The molecule has 0 aliphatic rings. The molecule has 20 heavy (non-hydrogen) atoms. The smallest absolute Gasteiger partial charge is 0.245 e. The molecular weight excluding hydrogens is 263 g/mol. The molecule has 1 amide bonds. The average molecular weight is 278 g/mol. The normalized spacial score (nSPS) is 13.1. The fourth-order valence-corrected chi connectivity index (χ4v) is 1.63. The number of Topliss-reactive ketones (excluding diaryl/α,β-unsaturated/α-hetero) is 1. The number of carbonyl (C=O) groups is 2. The van der Waals surface area contributed by atoms with Crippen LogP contribution in [0, 0.1) is 23.1 Å². The van der Waals surface area contributed by atoms with Gasteiger partial charge in [0, 0.05) is 18.7 Å². The van der Waals surface area contributed by atoms with Gasteiger partial charge in [0.15, 0.2) is 11.7 Å². The minimum absolute atomic E-state index is 0.118. The number of nitriles is 1. The number of hydrogen-bond acceptors (Lipinski definition) is 4. The van der Waals surface area contributed by atoms with Crippen LogP contribution < -0.4 is 5.32 Å². The van der Waals surface area contributed by atoms with Gasteiger partial charge >= 0.3 is 0 Å². The molecule has 0 fully saturated rings. The molecule has 0 saturated heterocycles. The number of rotatable bonds is 6. The standard InChI is InChI=1S/C14H15FN2O3/c1-9(8-20-2)17-14(19)12(7-16)13(18)10-3-5-11(15)6-4-10/h3-6,9,12H,8H2,1-2H3,(H,17,19)/t9-,12-/m0/s1. The van der Waals surface area contributed by atoms with Gasteiger partial charge in [-0.3, -0.25) is 9.59 Å². The molecule has 0 heterocycles. The van der Waals surface area contributed by atoms with Crippen LogP contribution in [0.5, 0.6) is 0 Å². The molecule has 1 rings (SSSR count). The summed E-state index contributed by atoms with van der Waals surface area (Å²) in [6.07, 6.45) is 0. The Hall–Kier alpha value is -2.26. The molecule has 0 bridgehead atoms. The third-order valence-electron chi connectivity index (χ3n) is 2.59. The quantitative estimate of drug-likeness (QED) is 0.628. The lowest BCUT2D eigenvalue weighted by Gasteiger charge is -2.15. The van der Waals surface area contributed by atoms with Crippen molar-refractivity contribution in [1.29, 1.82) is 5.26 Å². The van der Waals surface area contributed by atoms with Gasteiger partial charge in [-0.2, -0.15) is 5.26 Å². The van der Waals surface area contributed by atoms with E-state index in [0.29, 0.717) is 0 Å². The third-order valence-corrected chi connectivity index (χ3v) is 2.59. The van der Waals surface area contributed by atoms with Crippen LogP contribution in [0.4, 0.5) is 4.39 Å². The van der Waals surface area contributed by atoms with E-state index in [1.165, 1.54) is 19.2 Å². The number of methoxy groups -OCH3 is 1. The van der Waals surface area contributed by atoms with Crippen LogP contribution in [0.15, 0.2) is 24.3 Å². The maximum atomic E-state index is 12.8. The SMILES string of the molecule is COC[C@H](C)NC(=O)[C@@H](C#N)C(=O)c1ccc(F)cc1. The van der Waals surface area contributed by atoms with Gasteiger partial charge in [-0.25, -0.2) is 4.39 Å². The molecule has 0 radical (unpaired) electrons. The van der Waals surface area contributed by atoms with Gasteiger partial charge in [-0.1, -0.05) is 0 Å². The largest absolute Gasteiger partial charge is 0.383 e. The fourth-order valence-electron chi connectivity index (χ4n) is 1.63. The van der Waals surface area contributed by atoms with Gasteiger partial charge in [0.25, 0.3) is 0 Å². The zero-order valence-electron chi connectivity index (χ0n) is 11.2. The number of ether oxygens (including phenoxy) is 1. The highest BCUT2D eigenvalue weighted by atomic mass is 19.1. The molecule has 0 aliphatic heterocycles. The molecule has 1 N–H and O–H groups in total. The van der Waals surface area contributed by atoms with Crippen LogP contribution in [0.2, 0.25) is 0 Å². The number of nitrogens with one attached hydrogen (secondary N) is 1. The predicted octanol–water partition coefficient (Wildman–Crippen LogP) is 1.30. The molecule has 0 saturated carbocycles. The zero-order valence-corrected chi connectivity index (χ0v) is 11.2. The molecule has 106 valence electrons. The van der Waals surface area contributed by atoms with Crippen molar-refractivity contribution in [2.24, 2.45) is 5.92 Å². The molecule has 0 aromatic heterocycles. The molecule has 6 heteroatoms. The topological polar surface area (TPSA) is 79.2 Å². The number of benzene rings is 1. The summed E-state index contributed by atoms with van der Waals surface area (Å²) in [4.78, 5) is 23.9. The first-order valence-electron chi connectivity index (χ1n) is 5.98. The minimum Gasteiger partial charge on any atom is -0.383 e. The predicted molar refractivity (Wildman–Crippen MR) is 69.3 cm³/mol. The highest BCUT2D eigenvalue weighted by Gasteiger charge is 2.28. The van der Waals surface area contributed by atoms with Crippen molar-refractivity contribution in [2.45, 2.75) is 13.0 Å². The zero-order chi connectivity index (χ0) is 15.1. The number of amides is 1. The van der Waals surface area contributed by atoms with Gasteiger partial charge in [0.05, 0.1) is 12.7 Å². The van der Waals surface area contributed by atoms with Gasteiger partial charge in [-0.15, -0.1) is 0 Å². The molecule has 0 unspecified atom stereocenters. The summed E-state index contributed by atoms with van der Waals surface area (Å²) in [5, 5.41) is 11.5. The van der Waals surface area contributed by atoms with E-state index < -0.39 is 23.4 Å². The molecule has 0 aliphatic carbocycles. The Morgan fingerprint density at radius 2 is 2.00 bits per heavy atom. The van der Waals surface area contributed by atoms with Gasteiger partial charge in [-0.05, 0) is 31.2 Å². The van der Waals surface area contributed by atoms with Crippen molar-refractivity contribution >= 4 is 11.7 Å². The Bertz CT molecular complexity index is 522. The number of carbonyl (C=O) groups excluding carboxylic acids is 2. The van der Waals surface area contributed by atoms with Crippen LogP contribution in [0.25, 0.3) is 0 Å². The van der Waals surface area contributed by atoms with Crippen molar-refractivity contribution in [2.75, 3.05) is 13.7 Å². The monoisotopic (exact) mass is 278 g/mol. The summed E-state index contributed by atoms with van der Waals surface area (Å²) in [6.45, 7) is 1.97. The molecular formula is C14H15FN2O3. The van der Waals surface area contributed by atoms with E-state index in [0.717, 1.165) is 12.1 Å². The lowest BCUT2D eigenvalue weighted by atomic mass is 9.98. The summed E-state index contributed by atoms with van der Waals surface area (Å²) in [5.41, 5.74) is 0.118. The van der Waals surface area contributed by atoms with Crippen molar-refractivity contribution in [3.05, 3.63) is 35.6 Å². The Morgan fingerprint density at radius 1 is 1.40 bits per heavy atom. The Kier molecular flexibility index (Phi) is 5.81. The van der Waals surface area contributed by atoms with Crippen LogP contribution in [0.1, 0.15) is 17.3 Å². The van der Waals surface area contributed by atoms with E-state index in [4.69, 9.17) is 10.00 Å². The van der Waals surface area contributed by atoms with Crippen molar-refractivity contribution < 1.29 is 18.7 Å². The van der Waals surface area contributed by atoms with Crippen LogP contribution in [0.3, 0.4) is 0 Å². The summed E-state index contributed by atoms with van der Waals surface area (Å²) < 4.78 is 17.6. The first-order chi connectivity index (χ1) is 9.49. The van der Waals surface area contributed by atoms with Gasteiger partial charge < -0.3 is 10.1 Å². The average Bonchev–Trinajstić information content (AvgIpc) is 2.40. The Balaban J connectivity index is 2.80. The minimum atomic E-state index is -1.46. The van der Waals surface area contributed by atoms with Crippen LogP contribution >= 0.6 is 0 Å². The Labute approximate surface area is 116 Å². The summed E-state index contributed by atoms with van der Waals surface area (Å²) in [7, 11) is 1.48. The van der Waals surface area contributed by atoms with Crippen LogP contribution in [-0.2, 0) is 9.53 Å². The number of hydrogen-bond donors (Lipinski definition) is 1. The maximum Gasteiger partial charge on any atom is 0.245 e. The molecule has 5 nitrogen and oxygen atoms in total. The fraction of sp³-hybridized carbons (Fsp3) is 0.357. The molecule has 1 aromatic carbocycles. The number of ketones is 1. The molecule has 2 atom stereocenters. The molecule has 1 aromatic rings.